The standard InChI is InChI=1S/C16H17N3O/c1-10-6-7-18-9-13(10)16(20)19-14-8-11-4-2-3-5-12(11)15(14)17/h2-7,9,14-15H,8,17H2,1H3,(H,19,20)/t14-,15-/m1/s1. The lowest BCUT2D eigenvalue weighted by molar-refractivity contribution is 0.0932. The van der Waals surface area contributed by atoms with Gasteiger partial charge in [0.05, 0.1) is 17.6 Å². The maximum Gasteiger partial charge on any atom is 0.253 e. The minimum absolute atomic E-state index is 0.0560. The van der Waals surface area contributed by atoms with Gasteiger partial charge in [0.25, 0.3) is 5.91 Å². The molecule has 20 heavy (non-hydrogen) atoms. The van der Waals surface area contributed by atoms with E-state index < -0.39 is 0 Å². The third-order valence-electron chi connectivity index (χ3n) is 3.89. The number of aromatic nitrogens is 1. The molecule has 0 aliphatic heterocycles. The van der Waals surface area contributed by atoms with E-state index in [4.69, 9.17) is 5.73 Å². The molecule has 1 aromatic carbocycles. The molecule has 1 amide bonds. The van der Waals surface area contributed by atoms with Crippen molar-refractivity contribution in [2.75, 3.05) is 0 Å². The van der Waals surface area contributed by atoms with Crippen LogP contribution in [-0.2, 0) is 6.42 Å². The highest BCUT2D eigenvalue weighted by Crippen LogP contribution is 2.29. The van der Waals surface area contributed by atoms with Crippen molar-refractivity contribution in [1.29, 1.82) is 0 Å². The molecule has 1 aliphatic carbocycles. The van der Waals surface area contributed by atoms with E-state index in [-0.39, 0.29) is 18.0 Å². The summed E-state index contributed by atoms with van der Waals surface area (Å²) in [5.74, 6) is -0.108. The smallest absolute Gasteiger partial charge is 0.253 e. The fourth-order valence-corrected chi connectivity index (χ4v) is 2.71. The number of carbonyl (C=O) groups is 1. The second kappa shape index (κ2) is 5.06. The van der Waals surface area contributed by atoms with Crippen LogP contribution in [0.2, 0.25) is 0 Å². The van der Waals surface area contributed by atoms with Crippen LogP contribution in [0.25, 0.3) is 0 Å². The normalized spacial score (nSPS) is 20.5. The lowest BCUT2D eigenvalue weighted by Gasteiger charge is -2.18. The highest BCUT2D eigenvalue weighted by molar-refractivity contribution is 5.95. The van der Waals surface area contributed by atoms with Gasteiger partial charge < -0.3 is 11.1 Å². The topological polar surface area (TPSA) is 68.0 Å². The molecule has 0 radical (unpaired) electrons. The zero-order valence-electron chi connectivity index (χ0n) is 11.3. The lowest BCUT2D eigenvalue weighted by atomic mass is 10.1. The number of benzene rings is 1. The van der Waals surface area contributed by atoms with Gasteiger partial charge in [-0.15, -0.1) is 0 Å². The van der Waals surface area contributed by atoms with Crippen molar-refractivity contribution in [3.63, 3.8) is 0 Å². The average Bonchev–Trinajstić information content (AvgIpc) is 2.76. The average molecular weight is 267 g/mol. The first-order valence-corrected chi connectivity index (χ1v) is 6.71. The molecule has 2 atom stereocenters. The first-order valence-electron chi connectivity index (χ1n) is 6.71. The first kappa shape index (κ1) is 12.8. The van der Waals surface area contributed by atoms with Gasteiger partial charge >= 0.3 is 0 Å². The van der Waals surface area contributed by atoms with E-state index in [1.54, 1.807) is 12.4 Å². The number of nitrogens with zero attached hydrogens (tertiary/aromatic N) is 1. The maximum absolute atomic E-state index is 12.3. The molecular weight excluding hydrogens is 250 g/mol. The highest BCUT2D eigenvalue weighted by Gasteiger charge is 2.30. The number of hydrogen-bond donors (Lipinski definition) is 2. The summed E-state index contributed by atoms with van der Waals surface area (Å²) in [7, 11) is 0. The van der Waals surface area contributed by atoms with Crippen LogP contribution < -0.4 is 11.1 Å². The van der Waals surface area contributed by atoms with Crippen LogP contribution in [-0.4, -0.2) is 16.9 Å². The number of carbonyl (C=O) groups excluding carboxylic acids is 1. The molecule has 1 heterocycles. The van der Waals surface area contributed by atoms with Gasteiger partial charge in [-0.25, -0.2) is 0 Å². The van der Waals surface area contributed by atoms with Gasteiger partial charge in [0, 0.05) is 12.4 Å². The molecule has 2 aromatic rings. The number of nitrogens with two attached hydrogens (primary N) is 1. The summed E-state index contributed by atoms with van der Waals surface area (Å²) in [6, 6.07) is 9.71. The minimum atomic E-state index is -0.146. The number of nitrogens with one attached hydrogen (secondary N) is 1. The Balaban J connectivity index is 1.78. The molecule has 0 spiro atoms. The van der Waals surface area contributed by atoms with Crippen LogP contribution in [0, 0.1) is 6.92 Å². The van der Waals surface area contributed by atoms with E-state index in [0.29, 0.717) is 5.56 Å². The number of pyridine rings is 1. The predicted octanol–water partition coefficient (Wildman–Crippen LogP) is 1.74. The van der Waals surface area contributed by atoms with E-state index >= 15 is 0 Å². The predicted molar refractivity (Wildman–Crippen MR) is 77.3 cm³/mol. The second-order valence-electron chi connectivity index (χ2n) is 5.20. The fraction of sp³-hybridized carbons (Fsp3) is 0.250. The Hall–Kier alpha value is -2.20. The van der Waals surface area contributed by atoms with Crippen molar-refractivity contribution >= 4 is 5.91 Å². The molecule has 3 N–H and O–H groups in total. The Morgan fingerprint density at radius 3 is 2.90 bits per heavy atom. The maximum atomic E-state index is 12.3. The molecule has 102 valence electrons. The summed E-state index contributed by atoms with van der Waals surface area (Å²) in [6.07, 6.45) is 4.06. The highest BCUT2D eigenvalue weighted by atomic mass is 16.1. The fourth-order valence-electron chi connectivity index (χ4n) is 2.71. The van der Waals surface area contributed by atoms with Gasteiger partial charge in [-0.05, 0) is 36.1 Å². The monoisotopic (exact) mass is 267 g/mol. The van der Waals surface area contributed by atoms with Crippen molar-refractivity contribution in [3.8, 4) is 0 Å². The molecule has 4 heteroatoms. The minimum Gasteiger partial charge on any atom is -0.347 e. The third-order valence-corrected chi connectivity index (χ3v) is 3.89. The van der Waals surface area contributed by atoms with E-state index in [1.807, 2.05) is 31.2 Å². The molecule has 1 aliphatic rings. The molecule has 3 rings (SSSR count). The number of rotatable bonds is 2. The molecule has 0 fully saturated rings. The van der Waals surface area contributed by atoms with Crippen LogP contribution in [0.5, 0.6) is 0 Å². The van der Waals surface area contributed by atoms with Crippen molar-refractivity contribution in [1.82, 2.24) is 10.3 Å². The van der Waals surface area contributed by atoms with Gasteiger partial charge in [0.15, 0.2) is 0 Å². The van der Waals surface area contributed by atoms with Crippen molar-refractivity contribution in [2.45, 2.75) is 25.4 Å². The van der Waals surface area contributed by atoms with Gasteiger partial charge in [-0.1, -0.05) is 24.3 Å². The molecule has 0 saturated carbocycles. The van der Waals surface area contributed by atoms with Crippen LogP contribution in [0.4, 0.5) is 0 Å². The molecule has 1 aromatic heterocycles. The molecular formula is C16H17N3O. The summed E-state index contributed by atoms with van der Waals surface area (Å²) < 4.78 is 0. The zero-order valence-corrected chi connectivity index (χ0v) is 11.3. The van der Waals surface area contributed by atoms with Gasteiger partial charge in [0.2, 0.25) is 0 Å². The van der Waals surface area contributed by atoms with Crippen molar-refractivity contribution in [2.24, 2.45) is 5.73 Å². The third kappa shape index (κ3) is 2.18. The van der Waals surface area contributed by atoms with E-state index in [9.17, 15) is 4.79 Å². The summed E-state index contributed by atoms with van der Waals surface area (Å²) in [5.41, 5.74) is 10.1. The Morgan fingerprint density at radius 1 is 1.35 bits per heavy atom. The Morgan fingerprint density at radius 2 is 2.15 bits per heavy atom. The summed E-state index contributed by atoms with van der Waals surface area (Å²) in [4.78, 5) is 16.3. The van der Waals surface area contributed by atoms with Crippen LogP contribution >= 0.6 is 0 Å². The van der Waals surface area contributed by atoms with Gasteiger partial charge in [-0.3, -0.25) is 9.78 Å². The summed E-state index contributed by atoms with van der Waals surface area (Å²) >= 11 is 0. The van der Waals surface area contributed by atoms with E-state index in [1.165, 1.54) is 5.56 Å². The van der Waals surface area contributed by atoms with Crippen LogP contribution in [0.1, 0.15) is 33.1 Å². The van der Waals surface area contributed by atoms with Crippen LogP contribution in [0.15, 0.2) is 42.7 Å². The molecule has 0 saturated heterocycles. The molecule has 0 unspecified atom stereocenters. The van der Waals surface area contributed by atoms with E-state index in [2.05, 4.69) is 16.4 Å². The number of fused-ring (bicyclic) bond motifs is 1. The Bertz CT molecular complexity index is 654. The van der Waals surface area contributed by atoms with Gasteiger partial charge in [-0.2, -0.15) is 0 Å². The van der Waals surface area contributed by atoms with Crippen LogP contribution in [0.3, 0.4) is 0 Å². The number of hydrogen-bond acceptors (Lipinski definition) is 3. The SMILES string of the molecule is Cc1ccncc1C(=O)N[C@@H]1Cc2ccccc2[C@H]1N. The number of amides is 1. The number of aryl methyl sites for hydroxylation is 1. The Kier molecular flexibility index (Phi) is 3.24. The van der Waals surface area contributed by atoms with E-state index in [0.717, 1.165) is 17.5 Å². The Labute approximate surface area is 118 Å². The summed E-state index contributed by atoms with van der Waals surface area (Å²) in [5, 5.41) is 3.03. The second-order valence-corrected chi connectivity index (χ2v) is 5.20. The quantitative estimate of drug-likeness (QED) is 0.871. The van der Waals surface area contributed by atoms with Crippen molar-refractivity contribution < 1.29 is 4.79 Å². The first-order chi connectivity index (χ1) is 9.66. The van der Waals surface area contributed by atoms with Gasteiger partial charge in [0.1, 0.15) is 0 Å². The largest absolute Gasteiger partial charge is 0.347 e. The lowest BCUT2D eigenvalue weighted by Crippen LogP contribution is -2.40. The molecule has 4 nitrogen and oxygen atoms in total. The zero-order chi connectivity index (χ0) is 14.1. The molecule has 0 bridgehead atoms. The summed E-state index contributed by atoms with van der Waals surface area (Å²) in [6.45, 7) is 1.90. The van der Waals surface area contributed by atoms with Crippen molar-refractivity contribution in [3.05, 3.63) is 65.0 Å².